The molecular weight excluding hydrogens is 232 g/mol. The minimum absolute atomic E-state index is 0.198. The predicted molar refractivity (Wildman–Crippen MR) is 54.0 cm³/mol. The van der Waals surface area contributed by atoms with Gasteiger partial charge < -0.3 is 10.2 Å². The molecule has 0 aliphatic carbocycles. The molecule has 0 aromatic heterocycles. The maximum atomic E-state index is 11.5. The number of alkyl halides is 1. The molecule has 0 bridgehead atoms. The Morgan fingerprint density at radius 3 is 2.92 bits per heavy atom. The average Bonchev–Trinajstić information content (AvgIpc) is 2.53. The maximum absolute atomic E-state index is 11.5. The molecule has 0 spiro atoms. The van der Waals surface area contributed by atoms with Crippen LogP contribution >= 0.6 is 15.9 Å². The second-order valence-corrected chi connectivity index (χ2v) is 4.39. The van der Waals surface area contributed by atoms with E-state index in [9.17, 15) is 4.79 Å². The van der Waals surface area contributed by atoms with Crippen LogP contribution in [-0.2, 0) is 4.79 Å². The monoisotopic (exact) mass is 242 g/mol. The van der Waals surface area contributed by atoms with Crippen molar-refractivity contribution in [2.75, 3.05) is 6.54 Å². The van der Waals surface area contributed by atoms with Crippen molar-refractivity contribution in [3.8, 4) is 0 Å². The highest BCUT2D eigenvalue weighted by Gasteiger charge is 2.37. The zero-order valence-electron chi connectivity index (χ0n) is 7.16. The van der Waals surface area contributed by atoms with Gasteiger partial charge in [0.05, 0.1) is 0 Å². The van der Waals surface area contributed by atoms with Gasteiger partial charge in [-0.15, -0.1) is 0 Å². The molecule has 1 saturated heterocycles. The summed E-state index contributed by atoms with van der Waals surface area (Å²) in [6.07, 6.45) is 9.21. The lowest BCUT2D eigenvalue weighted by molar-refractivity contribution is -0.129. The van der Waals surface area contributed by atoms with Crippen molar-refractivity contribution in [1.82, 2.24) is 10.2 Å². The number of carbonyl (C=O) groups excluding carboxylic acids is 1. The molecule has 2 rings (SSSR count). The van der Waals surface area contributed by atoms with Crippen molar-refractivity contribution in [2.45, 2.75) is 17.4 Å². The molecular formula is C9H11BrN2O. The number of rotatable bonds is 1. The van der Waals surface area contributed by atoms with Gasteiger partial charge in [-0.2, -0.15) is 0 Å². The normalized spacial score (nSPS) is 32.4. The molecule has 4 heteroatoms. The number of nitrogens with zero attached hydrogens (tertiary/aromatic N) is 1. The van der Waals surface area contributed by atoms with E-state index in [1.165, 1.54) is 0 Å². The van der Waals surface area contributed by atoms with E-state index >= 15 is 0 Å². The molecule has 3 nitrogen and oxygen atoms in total. The van der Waals surface area contributed by atoms with Crippen molar-refractivity contribution in [3.63, 3.8) is 0 Å². The Kier molecular flexibility index (Phi) is 2.15. The van der Waals surface area contributed by atoms with E-state index in [4.69, 9.17) is 0 Å². The molecule has 0 aromatic carbocycles. The Labute approximate surface area is 85.6 Å². The van der Waals surface area contributed by atoms with Crippen molar-refractivity contribution in [2.24, 2.45) is 0 Å². The van der Waals surface area contributed by atoms with Crippen LogP contribution in [0.4, 0.5) is 0 Å². The third kappa shape index (κ3) is 1.50. The molecule has 1 unspecified atom stereocenters. The van der Waals surface area contributed by atoms with Gasteiger partial charge in [0.1, 0.15) is 0 Å². The number of allylic oxidation sites excluding steroid dienone is 2. The molecule has 1 amide bonds. The van der Waals surface area contributed by atoms with Crippen molar-refractivity contribution < 1.29 is 4.79 Å². The second kappa shape index (κ2) is 3.18. The summed E-state index contributed by atoms with van der Waals surface area (Å²) >= 11 is 3.52. The zero-order chi connectivity index (χ0) is 9.31. The second-order valence-electron chi connectivity index (χ2n) is 3.18. The van der Waals surface area contributed by atoms with Crippen LogP contribution in [0.25, 0.3) is 0 Å². The standard InChI is InChI=1S/C9H11BrN2O/c10-9(5-1-2-6-11-9)12-7-3-4-8(12)13/h1-2,5-6,11H,3-4,7H2. The Bertz CT molecular complexity index is 287. The van der Waals surface area contributed by atoms with E-state index in [1.54, 1.807) is 0 Å². The Morgan fingerprint density at radius 2 is 2.38 bits per heavy atom. The fourth-order valence-corrected chi connectivity index (χ4v) is 2.27. The van der Waals surface area contributed by atoms with Crippen molar-refractivity contribution in [1.29, 1.82) is 0 Å². The lowest BCUT2D eigenvalue weighted by Gasteiger charge is -2.35. The Morgan fingerprint density at radius 1 is 1.54 bits per heavy atom. The highest BCUT2D eigenvalue weighted by molar-refractivity contribution is 9.10. The fourth-order valence-electron chi connectivity index (χ4n) is 1.61. The van der Waals surface area contributed by atoms with Gasteiger partial charge in [-0.05, 0) is 40.7 Å². The van der Waals surface area contributed by atoms with Crippen LogP contribution in [0.3, 0.4) is 0 Å². The van der Waals surface area contributed by atoms with E-state index in [-0.39, 0.29) is 5.91 Å². The number of nitrogens with one attached hydrogen (secondary N) is 1. The zero-order valence-corrected chi connectivity index (χ0v) is 8.75. The first kappa shape index (κ1) is 8.81. The predicted octanol–water partition coefficient (Wildman–Crippen LogP) is 1.33. The highest BCUT2D eigenvalue weighted by atomic mass is 79.9. The number of likely N-dealkylation sites (tertiary alicyclic amines) is 1. The van der Waals surface area contributed by atoms with Crippen molar-refractivity contribution in [3.05, 3.63) is 24.4 Å². The summed E-state index contributed by atoms with van der Waals surface area (Å²) in [6.45, 7) is 0.815. The van der Waals surface area contributed by atoms with Gasteiger partial charge in [-0.1, -0.05) is 6.08 Å². The summed E-state index contributed by atoms with van der Waals surface area (Å²) in [5, 5.41) is 3.12. The summed E-state index contributed by atoms with van der Waals surface area (Å²) in [5.41, 5.74) is 0. The topological polar surface area (TPSA) is 32.3 Å². The summed E-state index contributed by atoms with van der Waals surface area (Å²) in [4.78, 5) is 13.3. The van der Waals surface area contributed by atoms with Crippen LogP contribution in [0.1, 0.15) is 12.8 Å². The van der Waals surface area contributed by atoms with Gasteiger partial charge in [-0.3, -0.25) is 4.79 Å². The molecule has 2 aliphatic rings. The van der Waals surface area contributed by atoms with Gasteiger partial charge >= 0.3 is 0 Å². The number of hydrogen-bond donors (Lipinski definition) is 1. The van der Waals surface area contributed by atoms with Crippen LogP contribution in [-0.4, -0.2) is 21.9 Å². The van der Waals surface area contributed by atoms with Gasteiger partial charge in [0.2, 0.25) is 5.91 Å². The van der Waals surface area contributed by atoms with Gasteiger partial charge in [0.15, 0.2) is 4.57 Å². The summed E-state index contributed by atoms with van der Waals surface area (Å²) < 4.78 is -0.491. The van der Waals surface area contributed by atoms with Crippen LogP contribution in [0.2, 0.25) is 0 Å². The minimum atomic E-state index is -0.491. The maximum Gasteiger partial charge on any atom is 0.225 e. The first-order valence-electron chi connectivity index (χ1n) is 4.34. The smallest absolute Gasteiger partial charge is 0.225 e. The molecule has 0 aromatic rings. The van der Waals surface area contributed by atoms with E-state index in [1.807, 2.05) is 29.3 Å². The molecule has 2 aliphatic heterocycles. The third-order valence-corrected chi connectivity index (χ3v) is 3.20. The van der Waals surface area contributed by atoms with E-state index < -0.39 is 4.57 Å². The largest absolute Gasteiger partial charge is 0.357 e. The average molecular weight is 243 g/mol. The summed E-state index contributed by atoms with van der Waals surface area (Å²) in [6, 6.07) is 0. The first-order valence-corrected chi connectivity index (χ1v) is 5.13. The molecule has 0 saturated carbocycles. The van der Waals surface area contributed by atoms with Gasteiger partial charge in [0, 0.05) is 13.0 Å². The van der Waals surface area contributed by atoms with Crippen LogP contribution in [0.5, 0.6) is 0 Å². The van der Waals surface area contributed by atoms with Crippen LogP contribution < -0.4 is 5.32 Å². The van der Waals surface area contributed by atoms with Crippen LogP contribution in [0.15, 0.2) is 24.4 Å². The molecule has 1 fully saturated rings. The van der Waals surface area contributed by atoms with Gasteiger partial charge in [0.25, 0.3) is 0 Å². The molecule has 1 atom stereocenters. The molecule has 2 heterocycles. The summed E-state index contributed by atoms with van der Waals surface area (Å²) in [7, 11) is 0. The fraction of sp³-hybridized carbons (Fsp3) is 0.444. The number of dihydropyridines is 1. The SMILES string of the molecule is O=C1CCCN1C1(Br)C=CC=CN1. The highest BCUT2D eigenvalue weighted by Crippen LogP contribution is 2.28. The lowest BCUT2D eigenvalue weighted by atomic mass is 10.3. The molecule has 70 valence electrons. The number of carbonyl (C=O) groups is 1. The van der Waals surface area contributed by atoms with E-state index in [0.29, 0.717) is 6.42 Å². The number of hydrogen-bond acceptors (Lipinski definition) is 2. The summed E-state index contributed by atoms with van der Waals surface area (Å²) in [5.74, 6) is 0.198. The lowest BCUT2D eigenvalue weighted by Crippen LogP contribution is -2.52. The molecule has 1 N–H and O–H groups in total. The number of amides is 1. The van der Waals surface area contributed by atoms with E-state index in [2.05, 4.69) is 21.2 Å². The van der Waals surface area contributed by atoms with Crippen molar-refractivity contribution >= 4 is 21.8 Å². The van der Waals surface area contributed by atoms with E-state index in [0.717, 1.165) is 13.0 Å². The Balaban J connectivity index is 2.19. The molecule has 0 radical (unpaired) electrons. The first-order chi connectivity index (χ1) is 6.22. The molecule has 13 heavy (non-hydrogen) atoms. The Hall–Kier alpha value is -0.770. The third-order valence-electron chi connectivity index (χ3n) is 2.28. The minimum Gasteiger partial charge on any atom is -0.357 e. The van der Waals surface area contributed by atoms with Crippen LogP contribution in [0, 0.1) is 0 Å². The number of halogens is 1. The van der Waals surface area contributed by atoms with Gasteiger partial charge in [-0.25, -0.2) is 0 Å². The quantitative estimate of drug-likeness (QED) is 0.556.